The number of primary amides is 1. The van der Waals surface area contributed by atoms with Gasteiger partial charge in [-0.1, -0.05) is 12.8 Å². The highest BCUT2D eigenvalue weighted by molar-refractivity contribution is 5.97. The first-order valence-electron chi connectivity index (χ1n) is 9.95. The molecular formula is C20H26N6O3. The number of aromatic nitrogens is 2. The van der Waals surface area contributed by atoms with Crippen LogP contribution in [0, 0.1) is 5.92 Å². The molecule has 1 atom stereocenters. The molecule has 0 unspecified atom stereocenters. The number of aliphatic hydroxyl groups is 1. The molecule has 2 aromatic rings. The largest absolute Gasteiger partial charge is 0.489 e. The van der Waals surface area contributed by atoms with Crippen LogP contribution in [-0.4, -0.2) is 46.8 Å². The van der Waals surface area contributed by atoms with E-state index in [1.807, 2.05) is 18.2 Å². The maximum atomic E-state index is 11.7. The lowest BCUT2D eigenvalue weighted by Crippen LogP contribution is -2.23. The monoisotopic (exact) mass is 398 g/mol. The average Bonchev–Trinajstić information content (AvgIpc) is 3.16. The van der Waals surface area contributed by atoms with E-state index >= 15 is 0 Å². The van der Waals surface area contributed by atoms with Crippen molar-refractivity contribution < 1.29 is 14.6 Å². The van der Waals surface area contributed by atoms with Gasteiger partial charge in [0.25, 0.3) is 5.91 Å². The van der Waals surface area contributed by atoms with Crippen molar-refractivity contribution in [3.63, 3.8) is 0 Å². The zero-order valence-electron chi connectivity index (χ0n) is 16.1. The van der Waals surface area contributed by atoms with Crippen LogP contribution in [0.1, 0.15) is 36.0 Å². The first-order valence-corrected chi connectivity index (χ1v) is 9.95. The number of β-amino-alcohol motifs (C(OH)–C–C–N with tert-alkyl or cyclic N) is 1. The summed E-state index contributed by atoms with van der Waals surface area (Å²) >= 11 is 0. The first-order chi connectivity index (χ1) is 14.1. The number of fused-ring (bicyclic) bond motifs is 1. The van der Waals surface area contributed by atoms with Gasteiger partial charge in [0.2, 0.25) is 5.95 Å². The number of amides is 1. The molecule has 9 heteroatoms. The van der Waals surface area contributed by atoms with Crippen LogP contribution in [0.25, 0.3) is 0 Å². The summed E-state index contributed by atoms with van der Waals surface area (Å²) in [4.78, 5) is 20.4. The zero-order valence-corrected chi connectivity index (χ0v) is 16.1. The minimum atomic E-state index is -0.560. The fraction of sp³-hybridized carbons (Fsp3) is 0.450. The lowest BCUT2D eigenvalue weighted by atomic mass is 10.1. The van der Waals surface area contributed by atoms with E-state index < -0.39 is 12.0 Å². The van der Waals surface area contributed by atoms with Crippen LogP contribution in [0.3, 0.4) is 0 Å². The van der Waals surface area contributed by atoms with E-state index in [-0.39, 0.29) is 12.2 Å². The average molecular weight is 398 g/mol. The van der Waals surface area contributed by atoms with E-state index in [1.54, 1.807) is 0 Å². The van der Waals surface area contributed by atoms with Crippen LogP contribution in [0.15, 0.2) is 24.4 Å². The Kier molecular flexibility index (Phi) is 5.66. The lowest BCUT2D eigenvalue weighted by molar-refractivity contribution is 0.100. The van der Waals surface area contributed by atoms with E-state index in [0.29, 0.717) is 30.0 Å². The third-order valence-electron chi connectivity index (χ3n) is 5.28. The van der Waals surface area contributed by atoms with Crippen LogP contribution in [0.4, 0.5) is 23.1 Å². The number of ether oxygens (including phenoxy) is 1. The predicted octanol–water partition coefficient (Wildman–Crippen LogP) is 2.09. The van der Waals surface area contributed by atoms with Crippen molar-refractivity contribution in [2.45, 2.75) is 31.8 Å². The smallest absolute Gasteiger partial charge is 0.254 e. The highest BCUT2D eigenvalue weighted by atomic mass is 16.5. The van der Waals surface area contributed by atoms with Crippen molar-refractivity contribution in [3.8, 4) is 5.75 Å². The van der Waals surface area contributed by atoms with Gasteiger partial charge in [-0.2, -0.15) is 4.98 Å². The van der Waals surface area contributed by atoms with Gasteiger partial charge in [-0.05, 0) is 37.0 Å². The number of benzene rings is 1. The molecule has 1 fully saturated rings. The van der Waals surface area contributed by atoms with E-state index in [1.165, 1.54) is 31.9 Å². The summed E-state index contributed by atoms with van der Waals surface area (Å²) in [6.07, 6.45) is 5.76. The number of carbonyl (C=O) groups excluding carboxylic acids is 1. The number of rotatable bonds is 6. The molecule has 1 amide bonds. The summed E-state index contributed by atoms with van der Waals surface area (Å²) in [6, 6.07) is 5.53. The molecule has 2 heterocycles. The number of nitrogens with zero attached hydrogens (tertiary/aromatic N) is 2. The number of nitrogens with one attached hydrogen (secondary N) is 3. The van der Waals surface area contributed by atoms with Crippen molar-refractivity contribution >= 4 is 29.0 Å². The maximum Gasteiger partial charge on any atom is 0.254 e. The van der Waals surface area contributed by atoms with Crippen LogP contribution < -0.4 is 26.4 Å². The second-order valence-electron chi connectivity index (χ2n) is 7.53. The number of hydrogen-bond acceptors (Lipinski definition) is 8. The van der Waals surface area contributed by atoms with Crippen molar-refractivity contribution in [2.75, 3.05) is 35.6 Å². The predicted molar refractivity (Wildman–Crippen MR) is 111 cm³/mol. The second-order valence-corrected chi connectivity index (χ2v) is 7.53. The van der Waals surface area contributed by atoms with Gasteiger partial charge in [0, 0.05) is 25.0 Å². The van der Waals surface area contributed by atoms with E-state index in [0.717, 1.165) is 17.9 Å². The fourth-order valence-corrected chi connectivity index (χ4v) is 3.69. The van der Waals surface area contributed by atoms with Gasteiger partial charge in [-0.25, -0.2) is 4.98 Å². The third-order valence-corrected chi connectivity index (χ3v) is 5.28. The Morgan fingerprint density at radius 1 is 1.34 bits per heavy atom. The molecule has 0 saturated heterocycles. The Morgan fingerprint density at radius 2 is 2.17 bits per heavy atom. The van der Waals surface area contributed by atoms with Crippen LogP contribution in [-0.2, 0) is 0 Å². The Balaban J connectivity index is 1.51. The minimum Gasteiger partial charge on any atom is -0.489 e. The fourth-order valence-electron chi connectivity index (χ4n) is 3.69. The summed E-state index contributed by atoms with van der Waals surface area (Å²) in [5.41, 5.74) is 7.29. The molecule has 4 rings (SSSR count). The molecule has 9 nitrogen and oxygen atoms in total. The number of aliphatic hydroxyl groups excluding tert-OH is 1. The Bertz CT molecular complexity index is 885. The van der Waals surface area contributed by atoms with Crippen LogP contribution in [0.5, 0.6) is 5.75 Å². The SMILES string of the molecule is NC(=O)c1cnc(Nc2ccc3c(c2)NC[C@H](O)CO3)nc1NCC1CCCC1. The first kappa shape index (κ1) is 19.3. The van der Waals surface area contributed by atoms with Crippen molar-refractivity contribution in [1.82, 2.24) is 9.97 Å². The van der Waals surface area contributed by atoms with Gasteiger partial charge in [-0.3, -0.25) is 4.79 Å². The summed E-state index contributed by atoms with van der Waals surface area (Å²) in [6.45, 7) is 1.43. The number of hydrogen-bond donors (Lipinski definition) is 5. The molecule has 1 aromatic heterocycles. The van der Waals surface area contributed by atoms with E-state index in [4.69, 9.17) is 10.5 Å². The quantitative estimate of drug-likeness (QED) is 0.499. The Hall–Kier alpha value is -3.07. The molecule has 0 bridgehead atoms. The number of carbonyl (C=O) groups is 1. The molecule has 0 radical (unpaired) electrons. The molecule has 1 aliphatic heterocycles. The van der Waals surface area contributed by atoms with E-state index in [2.05, 4.69) is 25.9 Å². The summed E-state index contributed by atoms with van der Waals surface area (Å²) in [5.74, 6) is 1.51. The Labute approximate surface area is 169 Å². The molecule has 29 heavy (non-hydrogen) atoms. The standard InChI is InChI=1S/C20H26N6O3/c21-18(28)15-10-24-20(26-19(15)23-8-12-3-1-2-4-12)25-13-5-6-17-16(7-13)22-9-14(27)11-29-17/h5-7,10,12,14,22,27H,1-4,8-9,11H2,(H2,21,28)(H2,23,24,25,26)/t14-/m0/s1. The highest BCUT2D eigenvalue weighted by Gasteiger charge is 2.18. The highest BCUT2D eigenvalue weighted by Crippen LogP contribution is 2.31. The van der Waals surface area contributed by atoms with Crippen molar-refractivity contribution in [2.24, 2.45) is 11.7 Å². The van der Waals surface area contributed by atoms with E-state index in [9.17, 15) is 9.90 Å². The molecule has 154 valence electrons. The van der Waals surface area contributed by atoms with Crippen molar-refractivity contribution in [3.05, 3.63) is 30.0 Å². The molecule has 1 aromatic carbocycles. The van der Waals surface area contributed by atoms with Gasteiger partial charge < -0.3 is 31.5 Å². The molecule has 2 aliphatic rings. The normalized spacial score (nSPS) is 18.9. The number of nitrogens with two attached hydrogens (primary N) is 1. The van der Waals surface area contributed by atoms with Crippen molar-refractivity contribution in [1.29, 1.82) is 0 Å². The van der Waals surface area contributed by atoms with Crippen LogP contribution in [0.2, 0.25) is 0 Å². The molecular weight excluding hydrogens is 372 g/mol. The maximum absolute atomic E-state index is 11.7. The third kappa shape index (κ3) is 4.68. The van der Waals surface area contributed by atoms with Gasteiger partial charge in [0.15, 0.2) is 0 Å². The summed E-state index contributed by atoms with van der Waals surface area (Å²) < 4.78 is 5.57. The van der Waals surface area contributed by atoms with Gasteiger partial charge in [-0.15, -0.1) is 0 Å². The topological polar surface area (TPSA) is 134 Å². The number of anilines is 4. The molecule has 1 aliphatic carbocycles. The molecule has 1 saturated carbocycles. The van der Waals surface area contributed by atoms with Gasteiger partial charge in [0.05, 0.1) is 11.3 Å². The zero-order chi connectivity index (χ0) is 20.2. The summed E-state index contributed by atoms with van der Waals surface area (Å²) in [5, 5.41) is 19.3. The van der Waals surface area contributed by atoms with Crippen LogP contribution >= 0.6 is 0 Å². The molecule has 6 N–H and O–H groups in total. The lowest BCUT2D eigenvalue weighted by Gasteiger charge is -2.15. The van der Waals surface area contributed by atoms with Gasteiger partial charge >= 0.3 is 0 Å². The summed E-state index contributed by atoms with van der Waals surface area (Å²) in [7, 11) is 0. The Morgan fingerprint density at radius 3 is 2.97 bits per heavy atom. The molecule has 0 spiro atoms. The van der Waals surface area contributed by atoms with Gasteiger partial charge in [0.1, 0.15) is 24.3 Å². The minimum absolute atomic E-state index is 0.250. The second kappa shape index (κ2) is 8.52.